The van der Waals surface area contributed by atoms with Crippen LogP contribution in [0.3, 0.4) is 0 Å². The number of hydrogen-bond acceptors (Lipinski definition) is 3. The maximum atomic E-state index is 12.8. The molecule has 0 saturated carbocycles. The maximum absolute atomic E-state index is 12.8. The topological polar surface area (TPSA) is 67.2 Å². The van der Waals surface area contributed by atoms with Crippen molar-refractivity contribution in [1.29, 1.82) is 0 Å². The molecule has 1 aromatic heterocycles. The number of aromatic nitrogens is 2. The Hall–Kier alpha value is -3.67. The van der Waals surface area contributed by atoms with Gasteiger partial charge in [-0.1, -0.05) is 48.5 Å². The Morgan fingerprint density at radius 2 is 1.83 bits per heavy atom. The summed E-state index contributed by atoms with van der Waals surface area (Å²) in [7, 11) is 1.94. The van der Waals surface area contributed by atoms with E-state index in [1.807, 2.05) is 78.3 Å². The molecule has 0 spiro atoms. The van der Waals surface area contributed by atoms with E-state index in [4.69, 9.17) is 0 Å². The predicted molar refractivity (Wildman–Crippen MR) is 117 cm³/mol. The molecule has 1 aliphatic rings. The summed E-state index contributed by atoms with van der Waals surface area (Å²) in [5, 5.41) is 5.07. The van der Waals surface area contributed by atoms with E-state index in [0.717, 1.165) is 33.3 Å². The third kappa shape index (κ3) is 3.10. The normalized spacial score (nSPS) is 16.5. The lowest BCUT2D eigenvalue weighted by Crippen LogP contribution is -2.33. The van der Waals surface area contributed by atoms with Gasteiger partial charge in [0.1, 0.15) is 5.82 Å². The second-order valence-electron chi connectivity index (χ2n) is 7.70. The summed E-state index contributed by atoms with van der Waals surface area (Å²) in [4.78, 5) is 31.8. The summed E-state index contributed by atoms with van der Waals surface area (Å²) >= 11 is 0. The van der Waals surface area contributed by atoms with Gasteiger partial charge in [-0.2, -0.15) is 0 Å². The van der Waals surface area contributed by atoms with Crippen LogP contribution in [0.4, 0.5) is 5.69 Å². The van der Waals surface area contributed by atoms with Gasteiger partial charge in [0, 0.05) is 25.4 Å². The first-order chi connectivity index (χ1) is 14.6. The lowest BCUT2D eigenvalue weighted by atomic mass is 10.1. The maximum Gasteiger partial charge on any atom is 0.227 e. The molecule has 3 aromatic carbocycles. The smallest absolute Gasteiger partial charge is 0.227 e. The lowest BCUT2D eigenvalue weighted by molar-refractivity contribution is -0.126. The molecular weight excluding hydrogens is 376 g/mol. The summed E-state index contributed by atoms with van der Waals surface area (Å²) in [5.41, 5.74) is 2.80. The molecule has 2 heterocycles. The molecule has 2 amide bonds. The average Bonchev–Trinajstić information content (AvgIpc) is 3.32. The molecule has 0 radical (unpaired) electrons. The highest BCUT2D eigenvalue weighted by Gasteiger charge is 2.35. The molecular formula is C24H22N4O2. The predicted octanol–water partition coefficient (Wildman–Crippen LogP) is 3.40. The summed E-state index contributed by atoms with van der Waals surface area (Å²) in [6.45, 7) is 0.726. The lowest BCUT2D eigenvalue weighted by Gasteiger charge is -2.19. The molecule has 6 nitrogen and oxygen atoms in total. The molecule has 0 bridgehead atoms. The number of carbonyl (C=O) groups excluding carboxylic acids is 2. The van der Waals surface area contributed by atoms with Crippen molar-refractivity contribution >= 4 is 39.3 Å². The molecule has 1 saturated heterocycles. The fraction of sp³-hybridized carbons (Fsp3) is 0.208. The molecule has 1 fully saturated rings. The first-order valence-electron chi connectivity index (χ1n) is 10.1. The highest BCUT2D eigenvalue weighted by atomic mass is 16.2. The first kappa shape index (κ1) is 18.4. The molecule has 0 aliphatic carbocycles. The minimum absolute atomic E-state index is 0.0192. The Balaban J connectivity index is 1.31. The fourth-order valence-electron chi connectivity index (χ4n) is 4.22. The number of nitrogens with zero attached hydrogens (tertiary/aromatic N) is 3. The number of aryl methyl sites for hydroxylation is 1. The number of anilines is 1. The molecule has 1 atom stereocenters. The Kier molecular flexibility index (Phi) is 4.47. The Morgan fingerprint density at radius 1 is 1.07 bits per heavy atom. The number of carbonyl (C=O) groups is 2. The molecule has 1 N–H and O–H groups in total. The Bertz CT molecular complexity index is 1270. The quantitative estimate of drug-likeness (QED) is 0.573. The van der Waals surface area contributed by atoms with Crippen LogP contribution >= 0.6 is 0 Å². The van der Waals surface area contributed by atoms with Crippen molar-refractivity contribution in [2.45, 2.75) is 13.0 Å². The number of benzene rings is 3. The van der Waals surface area contributed by atoms with Gasteiger partial charge in [0.15, 0.2) is 0 Å². The second-order valence-corrected chi connectivity index (χ2v) is 7.70. The number of rotatable bonds is 4. The van der Waals surface area contributed by atoms with Gasteiger partial charge in [0.25, 0.3) is 0 Å². The van der Waals surface area contributed by atoms with E-state index in [2.05, 4.69) is 10.3 Å². The van der Waals surface area contributed by atoms with Crippen LogP contribution in [0.25, 0.3) is 21.8 Å². The van der Waals surface area contributed by atoms with Gasteiger partial charge in [-0.25, -0.2) is 4.98 Å². The average molecular weight is 398 g/mol. The molecule has 1 aliphatic heterocycles. The summed E-state index contributed by atoms with van der Waals surface area (Å²) in [6, 6.07) is 21.8. The van der Waals surface area contributed by atoms with E-state index in [0.29, 0.717) is 13.1 Å². The van der Waals surface area contributed by atoms with Crippen LogP contribution < -0.4 is 10.2 Å². The minimum atomic E-state index is -0.369. The van der Waals surface area contributed by atoms with Crippen LogP contribution in [0.1, 0.15) is 12.2 Å². The molecule has 0 unspecified atom stereocenters. The molecule has 6 heteroatoms. The van der Waals surface area contributed by atoms with Crippen LogP contribution in [-0.2, 0) is 23.2 Å². The molecule has 150 valence electrons. The van der Waals surface area contributed by atoms with Crippen molar-refractivity contribution in [3.8, 4) is 0 Å². The van der Waals surface area contributed by atoms with Crippen LogP contribution in [-0.4, -0.2) is 27.9 Å². The molecule has 5 rings (SSSR count). The van der Waals surface area contributed by atoms with Crippen molar-refractivity contribution in [1.82, 2.24) is 14.9 Å². The van der Waals surface area contributed by atoms with E-state index in [1.165, 1.54) is 0 Å². The Morgan fingerprint density at radius 3 is 2.70 bits per heavy atom. The summed E-state index contributed by atoms with van der Waals surface area (Å²) < 4.78 is 1.98. The third-order valence-corrected chi connectivity index (χ3v) is 5.85. The zero-order valence-electron chi connectivity index (χ0n) is 16.7. The highest BCUT2D eigenvalue weighted by molar-refractivity contribution is 6.07. The molecule has 4 aromatic rings. The summed E-state index contributed by atoms with van der Waals surface area (Å²) in [6.07, 6.45) is 0.220. The number of hydrogen-bond donors (Lipinski definition) is 1. The van der Waals surface area contributed by atoms with Gasteiger partial charge in [-0.3, -0.25) is 9.59 Å². The monoisotopic (exact) mass is 398 g/mol. The van der Waals surface area contributed by atoms with Crippen LogP contribution in [0.2, 0.25) is 0 Å². The number of amides is 2. The standard InChI is InChI=1S/C24H22N4O2/c1-27-21-11-5-4-10-19(21)26-22(27)14-25-24(30)17-13-23(29)28(15-17)20-12-6-8-16-7-2-3-9-18(16)20/h2-12,17H,13-15H2,1H3,(H,25,30)/t17-/m0/s1. The highest BCUT2D eigenvalue weighted by Crippen LogP contribution is 2.31. The number of nitrogens with one attached hydrogen (secondary N) is 1. The Labute approximate surface area is 174 Å². The van der Waals surface area contributed by atoms with Crippen molar-refractivity contribution < 1.29 is 9.59 Å². The van der Waals surface area contributed by atoms with E-state index in [9.17, 15) is 9.59 Å². The summed E-state index contributed by atoms with van der Waals surface area (Å²) in [5.74, 6) is 0.290. The van der Waals surface area contributed by atoms with Crippen LogP contribution in [0.5, 0.6) is 0 Å². The third-order valence-electron chi connectivity index (χ3n) is 5.85. The zero-order valence-corrected chi connectivity index (χ0v) is 16.7. The van der Waals surface area contributed by atoms with Crippen LogP contribution in [0.15, 0.2) is 66.7 Å². The zero-order chi connectivity index (χ0) is 20.7. The fourth-order valence-corrected chi connectivity index (χ4v) is 4.22. The number of imidazole rings is 1. The van der Waals surface area contributed by atoms with E-state index >= 15 is 0 Å². The van der Waals surface area contributed by atoms with Crippen molar-refractivity contribution in [3.05, 3.63) is 72.6 Å². The van der Waals surface area contributed by atoms with Gasteiger partial charge >= 0.3 is 0 Å². The second kappa shape index (κ2) is 7.30. The van der Waals surface area contributed by atoms with Gasteiger partial charge in [-0.15, -0.1) is 0 Å². The number of para-hydroxylation sites is 2. The minimum Gasteiger partial charge on any atom is -0.349 e. The van der Waals surface area contributed by atoms with Crippen molar-refractivity contribution in [3.63, 3.8) is 0 Å². The van der Waals surface area contributed by atoms with Crippen molar-refractivity contribution in [2.75, 3.05) is 11.4 Å². The molecule has 30 heavy (non-hydrogen) atoms. The largest absolute Gasteiger partial charge is 0.349 e. The van der Waals surface area contributed by atoms with Crippen molar-refractivity contribution in [2.24, 2.45) is 13.0 Å². The van der Waals surface area contributed by atoms with Gasteiger partial charge in [0.2, 0.25) is 11.8 Å². The van der Waals surface area contributed by atoms with Gasteiger partial charge in [0.05, 0.1) is 29.2 Å². The number of fused-ring (bicyclic) bond motifs is 2. The van der Waals surface area contributed by atoms with E-state index in [1.54, 1.807) is 4.90 Å². The van der Waals surface area contributed by atoms with Crippen LogP contribution in [0, 0.1) is 5.92 Å². The first-order valence-corrected chi connectivity index (χ1v) is 10.1. The van der Waals surface area contributed by atoms with Gasteiger partial charge < -0.3 is 14.8 Å². The SMILES string of the molecule is Cn1c(CNC(=O)[C@H]2CC(=O)N(c3cccc4ccccc34)C2)nc2ccccc21. The van der Waals surface area contributed by atoms with E-state index in [-0.39, 0.29) is 24.2 Å². The van der Waals surface area contributed by atoms with Gasteiger partial charge in [-0.05, 0) is 23.6 Å². The van der Waals surface area contributed by atoms with E-state index < -0.39 is 0 Å².